The van der Waals surface area contributed by atoms with Crippen molar-refractivity contribution in [1.29, 1.82) is 0 Å². The van der Waals surface area contributed by atoms with Crippen LogP contribution in [-0.4, -0.2) is 57.3 Å². The molecule has 406 valence electrons. The molecule has 6 heteroatoms. The van der Waals surface area contributed by atoms with Crippen molar-refractivity contribution >= 4 is 5.91 Å². The van der Waals surface area contributed by atoms with Crippen LogP contribution in [-0.2, 0) is 4.79 Å². The highest BCUT2D eigenvalue weighted by Gasteiger charge is 2.28. The van der Waals surface area contributed by atoms with Gasteiger partial charge in [-0.05, 0) is 83.5 Å². The quantitative estimate of drug-likeness (QED) is 0.0308. The molecule has 4 atom stereocenters. The summed E-state index contributed by atoms with van der Waals surface area (Å²) in [6.45, 7) is 4.07. The van der Waals surface area contributed by atoms with Crippen molar-refractivity contribution in [2.45, 2.75) is 340 Å². The van der Waals surface area contributed by atoms with E-state index < -0.39 is 36.9 Å². The van der Waals surface area contributed by atoms with Crippen molar-refractivity contribution < 1.29 is 25.2 Å². The first-order valence-electron chi connectivity index (χ1n) is 30.5. The molecule has 6 nitrogen and oxygen atoms in total. The van der Waals surface area contributed by atoms with E-state index in [9.17, 15) is 25.2 Å². The van der Waals surface area contributed by atoms with E-state index in [0.29, 0.717) is 19.3 Å². The second-order valence-electron chi connectivity index (χ2n) is 21.0. The molecular formula is C63H119NO5. The number of amides is 1. The van der Waals surface area contributed by atoms with Crippen LogP contribution >= 0.6 is 0 Å². The number of hydrogen-bond acceptors (Lipinski definition) is 5. The number of aliphatic hydroxyl groups is 4. The number of allylic oxidation sites excluding steroid dienone is 8. The Balaban J connectivity index is 3.63. The molecule has 0 aliphatic rings. The molecule has 69 heavy (non-hydrogen) atoms. The highest BCUT2D eigenvalue weighted by atomic mass is 16.3. The zero-order chi connectivity index (χ0) is 50.2. The summed E-state index contributed by atoms with van der Waals surface area (Å²) in [6, 6.07) is -1.01. The summed E-state index contributed by atoms with van der Waals surface area (Å²) in [6.07, 6.45) is 73.4. The van der Waals surface area contributed by atoms with Crippen molar-refractivity contribution in [3.05, 3.63) is 48.6 Å². The fourth-order valence-electron chi connectivity index (χ4n) is 9.45. The third kappa shape index (κ3) is 51.0. The van der Waals surface area contributed by atoms with Crippen molar-refractivity contribution in [3.8, 4) is 0 Å². The van der Waals surface area contributed by atoms with E-state index in [2.05, 4.69) is 67.8 Å². The van der Waals surface area contributed by atoms with Gasteiger partial charge in [-0.1, -0.05) is 281 Å². The van der Waals surface area contributed by atoms with Gasteiger partial charge in [0, 0.05) is 0 Å². The van der Waals surface area contributed by atoms with Gasteiger partial charge >= 0.3 is 0 Å². The smallest absolute Gasteiger partial charge is 0.249 e. The van der Waals surface area contributed by atoms with Crippen LogP contribution < -0.4 is 5.32 Å². The molecule has 0 spiro atoms. The van der Waals surface area contributed by atoms with Gasteiger partial charge in [0.2, 0.25) is 5.91 Å². The molecule has 0 heterocycles. The standard InChI is InChI=1S/C63H119NO5/c1-3-5-7-9-11-13-15-17-19-21-23-25-26-27-28-29-30-31-32-33-34-35-37-39-41-43-45-47-49-51-53-55-57-61(67)63(69)64-59(58-65)62(68)60(66)56-54-52-50-48-46-44-42-40-38-36-24-22-20-18-16-14-12-10-8-6-4-2/h23,25,27-28,40,42,48,50,59-62,65-68H,3-22,24,26,29-39,41,43-47,49,51-58H2,1-2H3,(H,64,69)/b25-23-,28-27-,42-40+,50-48+. The summed E-state index contributed by atoms with van der Waals surface area (Å²) >= 11 is 0. The number of carbonyl (C=O) groups excluding carboxylic acids is 1. The monoisotopic (exact) mass is 970 g/mol. The second-order valence-corrected chi connectivity index (χ2v) is 21.0. The maximum Gasteiger partial charge on any atom is 0.249 e. The van der Waals surface area contributed by atoms with Crippen LogP contribution in [0.15, 0.2) is 48.6 Å². The predicted molar refractivity (Wildman–Crippen MR) is 302 cm³/mol. The maximum absolute atomic E-state index is 12.6. The molecule has 1 amide bonds. The van der Waals surface area contributed by atoms with E-state index in [1.807, 2.05) is 0 Å². The van der Waals surface area contributed by atoms with Crippen molar-refractivity contribution in [2.75, 3.05) is 6.61 Å². The molecule has 0 fully saturated rings. The third-order valence-corrected chi connectivity index (χ3v) is 14.2. The topological polar surface area (TPSA) is 110 Å². The second kappa shape index (κ2) is 57.2. The molecule has 0 aromatic carbocycles. The third-order valence-electron chi connectivity index (χ3n) is 14.2. The average molecular weight is 971 g/mol. The van der Waals surface area contributed by atoms with Gasteiger partial charge in [0.15, 0.2) is 0 Å². The summed E-state index contributed by atoms with van der Waals surface area (Å²) in [7, 11) is 0. The normalized spacial score (nSPS) is 14.0. The Morgan fingerprint density at radius 1 is 0.362 bits per heavy atom. The maximum atomic E-state index is 12.6. The summed E-state index contributed by atoms with van der Waals surface area (Å²) < 4.78 is 0. The van der Waals surface area contributed by atoms with E-state index in [1.165, 1.54) is 238 Å². The molecule has 5 N–H and O–H groups in total. The number of nitrogens with one attached hydrogen (secondary N) is 1. The molecule has 0 rings (SSSR count). The Kier molecular flexibility index (Phi) is 55.7. The highest BCUT2D eigenvalue weighted by Crippen LogP contribution is 2.17. The Hall–Kier alpha value is -1.73. The molecule has 0 bridgehead atoms. The van der Waals surface area contributed by atoms with Gasteiger partial charge < -0.3 is 25.7 Å². The molecule has 0 saturated carbocycles. The number of aliphatic hydroxyl groups excluding tert-OH is 4. The number of rotatable bonds is 56. The predicted octanol–water partition coefficient (Wildman–Crippen LogP) is 18.1. The van der Waals surface area contributed by atoms with Crippen LogP contribution in [0.3, 0.4) is 0 Å². The van der Waals surface area contributed by atoms with Gasteiger partial charge in [0.05, 0.1) is 18.8 Å². The zero-order valence-corrected chi connectivity index (χ0v) is 46.1. The first kappa shape index (κ1) is 67.3. The Bertz CT molecular complexity index is 1130. The molecular weight excluding hydrogens is 851 g/mol. The number of carbonyl (C=O) groups is 1. The van der Waals surface area contributed by atoms with Crippen LogP contribution in [0.1, 0.15) is 316 Å². The molecule has 0 aromatic rings. The van der Waals surface area contributed by atoms with E-state index in [4.69, 9.17) is 0 Å². The van der Waals surface area contributed by atoms with Crippen LogP contribution in [0, 0.1) is 0 Å². The summed E-state index contributed by atoms with van der Waals surface area (Å²) in [4.78, 5) is 12.6. The summed E-state index contributed by atoms with van der Waals surface area (Å²) in [5.74, 6) is -0.594. The lowest BCUT2D eigenvalue weighted by atomic mass is 10.00. The Morgan fingerprint density at radius 3 is 1.00 bits per heavy atom. The molecule has 0 aliphatic heterocycles. The van der Waals surface area contributed by atoms with Crippen molar-refractivity contribution in [3.63, 3.8) is 0 Å². The first-order chi connectivity index (χ1) is 34.0. The molecule has 0 radical (unpaired) electrons. The van der Waals surface area contributed by atoms with Crippen LogP contribution in [0.25, 0.3) is 0 Å². The zero-order valence-electron chi connectivity index (χ0n) is 46.1. The van der Waals surface area contributed by atoms with Crippen molar-refractivity contribution in [2.24, 2.45) is 0 Å². The van der Waals surface area contributed by atoms with E-state index in [0.717, 1.165) is 44.9 Å². The minimum absolute atomic E-state index is 0.360. The van der Waals surface area contributed by atoms with E-state index in [1.54, 1.807) is 0 Å². The fourth-order valence-corrected chi connectivity index (χ4v) is 9.45. The highest BCUT2D eigenvalue weighted by molar-refractivity contribution is 5.80. The Morgan fingerprint density at radius 2 is 0.652 bits per heavy atom. The van der Waals surface area contributed by atoms with Gasteiger partial charge in [0.1, 0.15) is 12.2 Å². The molecule has 4 unspecified atom stereocenters. The molecule has 0 aromatic heterocycles. The molecule has 0 saturated heterocycles. The average Bonchev–Trinajstić information content (AvgIpc) is 3.35. The lowest BCUT2D eigenvalue weighted by molar-refractivity contribution is -0.132. The van der Waals surface area contributed by atoms with E-state index >= 15 is 0 Å². The lowest BCUT2D eigenvalue weighted by Crippen LogP contribution is -2.53. The summed E-state index contributed by atoms with van der Waals surface area (Å²) in [5, 5.41) is 44.0. The van der Waals surface area contributed by atoms with E-state index in [-0.39, 0.29) is 0 Å². The minimum atomic E-state index is -1.29. The van der Waals surface area contributed by atoms with Gasteiger partial charge in [-0.2, -0.15) is 0 Å². The SMILES string of the molecule is CCCCCCCCCCC/C=C\C/C=C\CCCCCCCCCCCCCCCCCCC(O)C(=O)NC(CO)C(O)C(O)CCC/C=C/CC/C=C/CCCCCCCCCCCCCC. The fraction of sp³-hybridized carbons (Fsp3) is 0.857. The van der Waals surface area contributed by atoms with Gasteiger partial charge in [-0.3, -0.25) is 4.79 Å². The van der Waals surface area contributed by atoms with Gasteiger partial charge in [-0.15, -0.1) is 0 Å². The van der Waals surface area contributed by atoms with Gasteiger partial charge in [-0.25, -0.2) is 0 Å². The minimum Gasteiger partial charge on any atom is -0.394 e. The van der Waals surface area contributed by atoms with Crippen molar-refractivity contribution in [1.82, 2.24) is 5.32 Å². The van der Waals surface area contributed by atoms with Crippen LogP contribution in [0.5, 0.6) is 0 Å². The van der Waals surface area contributed by atoms with Crippen LogP contribution in [0.4, 0.5) is 0 Å². The molecule has 0 aliphatic carbocycles. The van der Waals surface area contributed by atoms with Crippen LogP contribution in [0.2, 0.25) is 0 Å². The number of hydrogen-bond donors (Lipinski definition) is 5. The summed E-state index contributed by atoms with van der Waals surface area (Å²) in [5.41, 5.74) is 0. The lowest BCUT2D eigenvalue weighted by Gasteiger charge is -2.27. The first-order valence-corrected chi connectivity index (χ1v) is 30.5. The Labute approximate surface area is 429 Å². The largest absolute Gasteiger partial charge is 0.394 e. The number of unbranched alkanes of at least 4 members (excludes halogenated alkanes) is 39. The van der Waals surface area contributed by atoms with Gasteiger partial charge in [0.25, 0.3) is 0 Å².